The Labute approximate surface area is 285 Å². The maximum atomic E-state index is 10.2. The molecule has 0 saturated heterocycles. The van der Waals surface area contributed by atoms with Gasteiger partial charge in [-0.25, -0.2) is 0 Å². The van der Waals surface area contributed by atoms with E-state index < -0.39 is 11.9 Å². The molecular formula is C36H66CaO4. The van der Waals surface area contributed by atoms with Crippen molar-refractivity contribution in [3.63, 3.8) is 0 Å². The van der Waals surface area contributed by atoms with Crippen LogP contribution in [-0.4, -0.2) is 49.7 Å². The topological polar surface area (TPSA) is 80.3 Å². The minimum Gasteiger partial charge on any atom is -0.550 e. The van der Waals surface area contributed by atoms with Crippen molar-refractivity contribution < 1.29 is 19.8 Å². The van der Waals surface area contributed by atoms with Gasteiger partial charge in [0.05, 0.1) is 0 Å². The van der Waals surface area contributed by atoms with Crippen LogP contribution in [0.25, 0.3) is 0 Å². The van der Waals surface area contributed by atoms with Gasteiger partial charge in [0.15, 0.2) is 0 Å². The maximum absolute atomic E-state index is 10.2. The molecule has 0 spiro atoms. The fraction of sp³-hybridized carbons (Fsp3) is 0.833. The van der Waals surface area contributed by atoms with Gasteiger partial charge in [0.1, 0.15) is 0 Å². The summed E-state index contributed by atoms with van der Waals surface area (Å²) >= 11 is 0. The molecule has 0 radical (unpaired) electrons. The van der Waals surface area contributed by atoms with E-state index in [4.69, 9.17) is 0 Å². The van der Waals surface area contributed by atoms with E-state index in [1.165, 1.54) is 128 Å². The maximum Gasteiger partial charge on any atom is 2.00 e. The molecule has 0 aromatic rings. The molecule has 0 unspecified atom stereocenters. The summed E-state index contributed by atoms with van der Waals surface area (Å²) in [6, 6.07) is 0. The summed E-state index contributed by atoms with van der Waals surface area (Å²) in [4.78, 5) is 20.4. The summed E-state index contributed by atoms with van der Waals surface area (Å²) < 4.78 is 0. The normalized spacial score (nSPS) is 11.0. The standard InChI is InChI=1S/2C18H34O2.Ca/c2*1-2-3-4-5-6-7-8-9-10-11-12-13-14-15-16-17-18(19)20;/h2*9-10H,2-8,11-17H2,1H3,(H,19,20);/q;;+2/p-2/b2*10-9-;. The molecule has 4 nitrogen and oxygen atoms in total. The first-order valence-electron chi connectivity index (χ1n) is 17.2. The first-order chi connectivity index (χ1) is 19.5. The molecule has 0 heterocycles. The van der Waals surface area contributed by atoms with E-state index in [0.29, 0.717) is 0 Å². The van der Waals surface area contributed by atoms with E-state index in [-0.39, 0.29) is 50.6 Å². The van der Waals surface area contributed by atoms with E-state index in [0.717, 1.165) is 38.5 Å². The minimum absolute atomic E-state index is 0. The fourth-order valence-electron chi connectivity index (χ4n) is 4.68. The van der Waals surface area contributed by atoms with E-state index in [9.17, 15) is 19.8 Å². The van der Waals surface area contributed by atoms with Crippen LogP contribution in [0.3, 0.4) is 0 Å². The SMILES string of the molecule is CCCCCCCC/C=C\CCCCCCCC(=O)[O-].CCCCCCCC/C=C\CCCCCCCC(=O)[O-].[Ca+2]. The van der Waals surface area contributed by atoms with Crippen LogP contribution in [0.15, 0.2) is 24.3 Å². The quantitative estimate of drug-likeness (QED) is 0.0466. The van der Waals surface area contributed by atoms with Crippen molar-refractivity contribution in [2.45, 2.75) is 194 Å². The molecule has 41 heavy (non-hydrogen) atoms. The average Bonchev–Trinajstić information content (AvgIpc) is 2.93. The van der Waals surface area contributed by atoms with Gasteiger partial charge < -0.3 is 19.8 Å². The van der Waals surface area contributed by atoms with Gasteiger partial charge in [-0.2, -0.15) is 0 Å². The first-order valence-corrected chi connectivity index (χ1v) is 17.2. The number of rotatable bonds is 30. The molecule has 0 atom stereocenters. The summed E-state index contributed by atoms with van der Waals surface area (Å²) in [5, 5.41) is 20.4. The summed E-state index contributed by atoms with van der Waals surface area (Å²) in [6.07, 6.45) is 41.8. The summed E-state index contributed by atoms with van der Waals surface area (Å²) in [6.45, 7) is 4.51. The smallest absolute Gasteiger partial charge is 0.550 e. The van der Waals surface area contributed by atoms with E-state index in [2.05, 4.69) is 38.2 Å². The molecule has 0 bridgehead atoms. The van der Waals surface area contributed by atoms with Crippen molar-refractivity contribution in [2.75, 3.05) is 0 Å². The Bertz CT molecular complexity index is 524. The summed E-state index contributed by atoms with van der Waals surface area (Å²) in [7, 11) is 0. The number of carbonyl (C=O) groups excluding carboxylic acids is 2. The Hall–Kier alpha value is -0.320. The summed E-state index contributed by atoms with van der Waals surface area (Å²) in [5.74, 6) is -1.83. The molecule has 0 fully saturated rings. The second-order valence-corrected chi connectivity index (χ2v) is 11.4. The molecule has 0 aromatic heterocycles. The molecule has 0 N–H and O–H groups in total. The van der Waals surface area contributed by atoms with Crippen molar-refractivity contribution in [3.8, 4) is 0 Å². The minimum atomic E-state index is -0.914. The van der Waals surface area contributed by atoms with Crippen molar-refractivity contribution in [2.24, 2.45) is 0 Å². The predicted molar refractivity (Wildman–Crippen MR) is 175 cm³/mol. The molecule has 0 rings (SSSR count). The van der Waals surface area contributed by atoms with Crippen LogP contribution in [0.5, 0.6) is 0 Å². The zero-order chi connectivity index (χ0) is 29.8. The molecule has 0 aliphatic heterocycles. The monoisotopic (exact) mass is 602 g/mol. The second-order valence-electron chi connectivity index (χ2n) is 11.4. The van der Waals surface area contributed by atoms with Crippen LogP contribution >= 0.6 is 0 Å². The van der Waals surface area contributed by atoms with Gasteiger partial charge in [-0.3, -0.25) is 0 Å². The fourth-order valence-corrected chi connectivity index (χ4v) is 4.68. The zero-order valence-electron chi connectivity index (χ0n) is 27.4. The molecule has 0 aliphatic rings. The van der Waals surface area contributed by atoms with Crippen LogP contribution in [0.2, 0.25) is 0 Å². The van der Waals surface area contributed by atoms with Crippen molar-refractivity contribution >= 4 is 49.7 Å². The van der Waals surface area contributed by atoms with Gasteiger partial charge in [-0.05, 0) is 77.0 Å². The summed E-state index contributed by atoms with van der Waals surface area (Å²) in [5.41, 5.74) is 0. The third-order valence-corrected chi connectivity index (χ3v) is 7.29. The molecule has 236 valence electrons. The number of carboxylic acid groups (broad SMARTS) is 2. The Kier molecular flexibility index (Phi) is 46.0. The molecule has 0 aromatic carbocycles. The Morgan fingerprint density at radius 2 is 0.610 bits per heavy atom. The number of carboxylic acids is 2. The van der Waals surface area contributed by atoms with Crippen molar-refractivity contribution in [1.29, 1.82) is 0 Å². The Morgan fingerprint density at radius 1 is 0.390 bits per heavy atom. The third kappa shape index (κ3) is 49.7. The number of aliphatic carboxylic acids is 2. The van der Waals surface area contributed by atoms with Gasteiger partial charge in [0.2, 0.25) is 0 Å². The van der Waals surface area contributed by atoms with Crippen molar-refractivity contribution in [3.05, 3.63) is 24.3 Å². The zero-order valence-corrected chi connectivity index (χ0v) is 29.7. The van der Waals surface area contributed by atoms with E-state index in [1.54, 1.807) is 0 Å². The number of hydrogen-bond donors (Lipinski definition) is 0. The third-order valence-electron chi connectivity index (χ3n) is 7.29. The van der Waals surface area contributed by atoms with Crippen molar-refractivity contribution in [1.82, 2.24) is 0 Å². The van der Waals surface area contributed by atoms with Crippen LogP contribution in [-0.2, 0) is 9.59 Å². The largest absolute Gasteiger partial charge is 2.00 e. The number of carbonyl (C=O) groups is 2. The van der Waals surface area contributed by atoms with Gasteiger partial charge in [-0.15, -0.1) is 0 Å². The predicted octanol–water partition coefficient (Wildman–Crippen LogP) is 9.17. The average molecular weight is 603 g/mol. The second kappa shape index (κ2) is 41.8. The van der Waals surface area contributed by atoms with Gasteiger partial charge in [0, 0.05) is 11.9 Å². The van der Waals surface area contributed by atoms with Gasteiger partial charge in [-0.1, -0.05) is 141 Å². The first kappa shape index (κ1) is 45.1. The Balaban J connectivity index is -0.000000688. The van der Waals surface area contributed by atoms with Crippen LogP contribution in [0.1, 0.15) is 194 Å². The van der Waals surface area contributed by atoms with Crippen LogP contribution in [0.4, 0.5) is 0 Å². The number of allylic oxidation sites excluding steroid dienone is 4. The molecule has 0 aliphatic carbocycles. The molecule has 0 amide bonds. The molecule has 5 heteroatoms. The Morgan fingerprint density at radius 3 is 0.854 bits per heavy atom. The van der Waals surface area contributed by atoms with Crippen LogP contribution in [0, 0.1) is 0 Å². The van der Waals surface area contributed by atoms with Gasteiger partial charge >= 0.3 is 37.7 Å². The number of hydrogen-bond acceptors (Lipinski definition) is 4. The van der Waals surface area contributed by atoms with E-state index in [1.807, 2.05) is 0 Å². The van der Waals surface area contributed by atoms with Gasteiger partial charge in [0.25, 0.3) is 0 Å². The molecule has 0 saturated carbocycles. The number of unbranched alkanes of at least 4 members (excludes halogenated alkanes) is 22. The molecular weight excluding hydrogens is 536 g/mol. The van der Waals surface area contributed by atoms with E-state index >= 15 is 0 Å². The van der Waals surface area contributed by atoms with Crippen LogP contribution < -0.4 is 10.2 Å².